The van der Waals surface area contributed by atoms with Gasteiger partial charge in [-0.25, -0.2) is 9.78 Å². The van der Waals surface area contributed by atoms with E-state index in [0.717, 1.165) is 31.7 Å². The lowest BCUT2D eigenvalue weighted by Gasteiger charge is -2.32. The number of pyridine rings is 1. The van der Waals surface area contributed by atoms with Crippen LogP contribution in [0.5, 0.6) is 0 Å². The molecule has 0 bridgehead atoms. The smallest absolute Gasteiger partial charge is 0.356 e. The predicted octanol–water partition coefficient (Wildman–Crippen LogP) is 1.08. The van der Waals surface area contributed by atoms with E-state index in [1.165, 1.54) is 7.11 Å². The summed E-state index contributed by atoms with van der Waals surface area (Å²) < 4.78 is 4.66. The van der Waals surface area contributed by atoms with Crippen LogP contribution in [0.3, 0.4) is 0 Å². The molecule has 0 spiro atoms. The van der Waals surface area contributed by atoms with Crippen molar-refractivity contribution >= 4 is 11.8 Å². The zero-order valence-electron chi connectivity index (χ0n) is 10.5. The normalized spacial score (nSPS) is 16.7. The van der Waals surface area contributed by atoms with Crippen molar-refractivity contribution in [3.05, 3.63) is 23.9 Å². The van der Waals surface area contributed by atoms with Crippen molar-refractivity contribution in [2.75, 3.05) is 31.7 Å². The largest absolute Gasteiger partial charge is 0.464 e. The number of aliphatic hydroxyl groups excluding tert-OH is 1. The molecule has 98 valence electrons. The number of ether oxygens (including phenoxy) is 1. The second kappa shape index (κ2) is 5.82. The van der Waals surface area contributed by atoms with Crippen molar-refractivity contribution in [3.63, 3.8) is 0 Å². The van der Waals surface area contributed by atoms with Gasteiger partial charge in [-0.15, -0.1) is 0 Å². The van der Waals surface area contributed by atoms with E-state index in [1.807, 2.05) is 12.1 Å². The first-order valence-corrected chi connectivity index (χ1v) is 6.15. The lowest BCUT2D eigenvalue weighted by Crippen LogP contribution is -2.35. The van der Waals surface area contributed by atoms with Gasteiger partial charge in [0.25, 0.3) is 0 Å². The van der Waals surface area contributed by atoms with E-state index >= 15 is 0 Å². The summed E-state index contributed by atoms with van der Waals surface area (Å²) in [4.78, 5) is 17.9. The van der Waals surface area contributed by atoms with Crippen LogP contribution in [0.25, 0.3) is 0 Å². The fourth-order valence-corrected chi connectivity index (χ4v) is 2.16. The van der Waals surface area contributed by atoms with Gasteiger partial charge in [0, 0.05) is 19.7 Å². The Hall–Kier alpha value is -1.62. The van der Waals surface area contributed by atoms with Gasteiger partial charge < -0.3 is 14.7 Å². The standard InChI is InChI=1S/C13H18N2O3/c1-18-13(17)11-3-2-4-12(14-11)15-7-5-10(9-16)6-8-15/h2-4,10,16H,5-9H2,1H3. The van der Waals surface area contributed by atoms with Crippen LogP contribution in [0.4, 0.5) is 5.82 Å². The van der Waals surface area contributed by atoms with Crippen LogP contribution in [0, 0.1) is 5.92 Å². The number of methoxy groups -OCH3 is 1. The van der Waals surface area contributed by atoms with Gasteiger partial charge >= 0.3 is 5.97 Å². The second-order valence-corrected chi connectivity index (χ2v) is 4.49. The van der Waals surface area contributed by atoms with E-state index in [4.69, 9.17) is 5.11 Å². The topological polar surface area (TPSA) is 62.7 Å². The number of carbonyl (C=O) groups excluding carboxylic acids is 1. The Morgan fingerprint density at radius 1 is 1.50 bits per heavy atom. The molecule has 1 aromatic heterocycles. The molecular formula is C13H18N2O3. The van der Waals surface area contributed by atoms with Crippen LogP contribution in [0.1, 0.15) is 23.3 Å². The zero-order valence-corrected chi connectivity index (χ0v) is 10.5. The SMILES string of the molecule is COC(=O)c1cccc(N2CCC(CO)CC2)n1. The molecule has 0 aliphatic carbocycles. The predicted molar refractivity (Wildman–Crippen MR) is 67.6 cm³/mol. The molecule has 5 heteroatoms. The molecule has 0 atom stereocenters. The van der Waals surface area contributed by atoms with Crippen molar-refractivity contribution in [2.24, 2.45) is 5.92 Å². The first kappa shape index (κ1) is 12.8. The van der Waals surface area contributed by atoms with Gasteiger partial charge in [0.15, 0.2) is 5.69 Å². The maximum absolute atomic E-state index is 11.4. The fraction of sp³-hybridized carbons (Fsp3) is 0.538. The summed E-state index contributed by atoms with van der Waals surface area (Å²) in [5.74, 6) is 0.779. The van der Waals surface area contributed by atoms with E-state index in [9.17, 15) is 4.79 Å². The van der Waals surface area contributed by atoms with Crippen molar-refractivity contribution in [2.45, 2.75) is 12.8 Å². The Labute approximate surface area is 106 Å². The lowest BCUT2D eigenvalue weighted by molar-refractivity contribution is 0.0594. The van der Waals surface area contributed by atoms with Gasteiger partial charge in [-0.1, -0.05) is 6.07 Å². The highest BCUT2D eigenvalue weighted by Gasteiger charge is 2.20. The summed E-state index contributed by atoms with van der Waals surface area (Å²) in [6.07, 6.45) is 1.92. The average Bonchev–Trinajstić information content (AvgIpc) is 2.46. The minimum atomic E-state index is -0.415. The van der Waals surface area contributed by atoms with Crippen molar-refractivity contribution in [1.29, 1.82) is 0 Å². The number of carbonyl (C=O) groups is 1. The van der Waals surface area contributed by atoms with Gasteiger partial charge in [-0.3, -0.25) is 0 Å². The summed E-state index contributed by atoms with van der Waals surface area (Å²) in [5.41, 5.74) is 0.333. The molecule has 0 saturated carbocycles. The molecule has 18 heavy (non-hydrogen) atoms. The quantitative estimate of drug-likeness (QED) is 0.813. The summed E-state index contributed by atoms with van der Waals surface area (Å²) >= 11 is 0. The molecule has 0 radical (unpaired) electrons. The minimum Gasteiger partial charge on any atom is -0.464 e. The van der Waals surface area contributed by atoms with Crippen molar-refractivity contribution in [3.8, 4) is 0 Å². The summed E-state index contributed by atoms with van der Waals surface area (Å²) in [5, 5.41) is 9.10. The summed E-state index contributed by atoms with van der Waals surface area (Å²) in [6, 6.07) is 5.36. The molecule has 1 aromatic rings. The number of piperidine rings is 1. The Morgan fingerprint density at radius 2 is 2.22 bits per heavy atom. The highest BCUT2D eigenvalue weighted by atomic mass is 16.5. The Morgan fingerprint density at radius 3 is 2.83 bits per heavy atom. The maximum Gasteiger partial charge on any atom is 0.356 e. The van der Waals surface area contributed by atoms with Gasteiger partial charge in [0.2, 0.25) is 0 Å². The monoisotopic (exact) mass is 250 g/mol. The van der Waals surface area contributed by atoms with Crippen LogP contribution in [0.15, 0.2) is 18.2 Å². The van der Waals surface area contributed by atoms with Gasteiger partial charge in [-0.05, 0) is 30.9 Å². The van der Waals surface area contributed by atoms with Crippen molar-refractivity contribution < 1.29 is 14.6 Å². The van der Waals surface area contributed by atoms with E-state index in [-0.39, 0.29) is 6.61 Å². The first-order chi connectivity index (χ1) is 8.74. The lowest BCUT2D eigenvalue weighted by atomic mass is 9.98. The number of rotatable bonds is 3. The summed E-state index contributed by atoms with van der Waals surface area (Å²) in [6.45, 7) is 1.98. The third kappa shape index (κ3) is 2.79. The molecule has 0 aromatic carbocycles. The van der Waals surface area contributed by atoms with Crippen LogP contribution < -0.4 is 4.90 Å². The van der Waals surface area contributed by atoms with Crippen LogP contribution in [0.2, 0.25) is 0 Å². The van der Waals surface area contributed by atoms with Gasteiger partial charge in [0.05, 0.1) is 7.11 Å². The number of aromatic nitrogens is 1. The molecule has 2 rings (SSSR count). The second-order valence-electron chi connectivity index (χ2n) is 4.49. The van der Waals surface area contributed by atoms with Crippen LogP contribution >= 0.6 is 0 Å². The van der Waals surface area contributed by atoms with E-state index in [1.54, 1.807) is 6.07 Å². The molecule has 0 amide bonds. The van der Waals surface area contributed by atoms with Crippen molar-refractivity contribution in [1.82, 2.24) is 4.98 Å². The number of anilines is 1. The molecular weight excluding hydrogens is 232 g/mol. The maximum atomic E-state index is 11.4. The molecule has 1 N–H and O–H groups in total. The molecule has 1 aliphatic rings. The Kier molecular flexibility index (Phi) is 4.15. The molecule has 1 aliphatic heterocycles. The van der Waals surface area contributed by atoms with E-state index in [0.29, 0.717) is 11.6 Å². The number of nitrogens with zero attached hydrogens (tertiary/aromatic N) is 2. The molecule has 2 heterocycles. The molecule has 1 saturated heterocycles. The third-order valence-electron chi connectivity index (χ3n) is 3.33. The Bertz CT molecular complexity index is 414. The molecule has 0 unspecified atom stereocenters. The van der Waals surface area contributed by atoms with Crippen LogP contribution in [-0.4, -0.2) is 42.9 Å². The highest BCUT2D eigenvalue weighted by molar-refractivity contribution is 5.87. The molecule has 1 fully saturated rings. The number of hydrogen-bond acceptors (Lipinski definition) is 5. The highest BCUT2D eigenvalue weighted by Crippen LogP contribution is 2.21. The Balaban J connectivity index is 2.07. The zero-order chi connectivity index (χ0) is 13.0. The molecule has 5 nitrogen and oxygen atoms in total. The first-order valence-electron chi connectivity index (χ1n) is 6.15. The number of aliphatic hydroxyl groups is 1. The van der Waals surface area contributed by atoms with Gasteiger partial charge in [0.1, 0.15) is 5.82 Å². The minimum absolute atomic E-state index is 0.253. The van der Waals surface area contributed by atoms with E-state index in [2.05, 4.69) is 14.6 Å². The van der Waals surface area contributed by atoms with Gasteiger partial charge in [-0.2, -0.15) is 0 Å². The number of esters is 1. The fourth-order valence-electron chi connectivity index (χ4n) is 2.16. The third-order valence-corrected chi connectivity index (χ3v) is 3.33. The summed E-state index contributed by atoms with van der Waals surface area (Å²) in [7, 11) is 1.35. The van der Waals surface area contributed by atoms with Crippen LogP contribution in [-0.2, 0) is 4.74 Å². The number of hydrogen-bond donors (Lipinski definition) is 1. The average molecular weight is 250 g/mol. The van der Waals surface area contributed by atoms with E-state index < -0.39 is 5.97 Å².